The lowest BCUT2D eigenvalue weighted by Crippen LogP contribution is -2.48. The number of carboxylic acids is 1. The topological polar surface area (TPSA) is 108 Å². The number of amides is 3. The highest BCUT2D eigenvalue weighted by molar-refractivity contribution is 5.83. The third kappa shape index (κ3) is 8.33. The fourth-order valence-electron chi connectivity index (χ4n) is 2.78. The van der Waals surface area contributed by atoms with Crippen LogP contribution in [0.2, 0.25) is 0 Å². The number of likely N-dealkylation sites (tertiary alicyclic amines) is 1. The predicted octanol–water partition coefficient (Wildman–Crippen LogP) is 1.23. The van der Waals surface area contributed by atoms with E-state index in [0.717, 1.165) is 12.8 Å². The number of ether oxygens (including phenoxy) is 1. The van der Waals surface area contributed by atoms with Gasteiger partial charge in [0.15, 0.2) is 6.04 Å². The van der Waals surface area contributed by atoms with Crippen LogP contribution < -0.4 is 10.6 Å². The third-order valence-corrected chi connectivity index (χ3v) is 4.10. The van der Waals surface area contributed by atoms with Crippen molar-refractivity contribution in [3.05, 3.63) is 12.7 Å². The van der Waals surface area contributed by atoms with Crippen LogP contribution in [0.4, 0.5) is 4.79 Å². The van der Waals surface area contributed by atoms with Crippen LogP contribution in [0, 0.1) is 11.8 Å². The fourth-order valence-corrected chi connectivity index (χ4v) is 2.78. The van der Waals surface area contributed by atoms with Gasteiger partial charge < -0.3 is 25.4 Å². The minimum absolute atomic E-state index is 0.0251. The van der Waals surface area contributed by atoms with Crippen LogP contribution in [0.1, 0.15) is 33.1 Å². The van der Waals surface area contributed by atoms with Crippen LogP contribution in [0.3, 0.4) is 0 Å². The van der Waals surface area contributed by atoms with Gasteiger partial charge in [0.2, 0.25) is 5.91 Å². The molecule has 0 saturated carbocycles. The molecule has 0 radical (unpaired) electrons. The van der Waals surface area contributed by atoms with Gasteiger partial charge in [-0.15, -0.1) is 6.58 Å². The number of carboxylic acid groups (broad SMARTS) is 1. The van der Waals surface area contributed by atoms with Crippen molar-refractivity contribution < 1.29 is 24.2 Å². The molecule has 0 bridgehead atoms. The number of hydrogen-bond donors (Lipinski definition) is 3. The van der Waals surface area contributed by atoms with E-state index in [2.05, 4.69) is 17.2 Å². The summed E-state index contributed by atoms with van der Waals surface area (Å²) in [6.45, 7) is 9.46. The lowest BCUT2D eigenvalue weighted by atomic mass is 9.94. The average Bonchev–Trinajstić information content (AvgIpc) is 2.59. The summed E-state index contributed by atoms with van der Waals surface area (Å²) in [4.78, 5) is 37.3. The van der Waals surface area contributed by atoms with Gasteiger partial charge in [0.1, 0.15) is 0 Å². The largest absolute Gasteiger partial charge is 0.480 e. The number of urea groups is 1. The maximum absolute atomic E-state index is 12.2. The van der Waals surface area contributed by atoms with Crippen molar-refractivity contribution >= 4 is 17.9 Å². The number of carbonyl (C=O) groups excluding carboxylic acids is 2. The molecule has 2 unspecified atom stereocenters. The van der Waals surface area contributed by atoms with Gasteiger partial charge in [0, 0.05) is 26.1 Å². The zero-order valence-corrected chi connectivity index (χ0v) is 15.7. The molecule has 0 aromatic carbocycles. The zero-order valence-electron chi connectivity index (χ0n) is 15.7. The summed E-state index contributed by atoms with van der Waals surface area (Å²) in [6.07, 6.45) is 3.38. The maximum Gasteiger partial charge on any atom is 0.328 e. The van der Waals surface area contributed by atoms with Gasteiger partial charge >= 0.3 is 12.0 Å². The van der Waals surface area contributed by atoms with E-state index >= 15 is 0 Å². The molecule has 1 aliphatic heterocycles. The molecule has 3 N–H and O–H groups in total. The van der Waals surface area contributed by atoms with Crippen LogP contribution in [-0.4, -0.2) is 66.8 Å². The number of aliphatic carboxylic acids is 1. The number of carbonyl (C=O) groups is 3. The first kappa shape index (κ1) is 22.0. The molecule has 8 nitrogen and oxygen atoms in total. The molecule has 1 fully saturated rings. The molecule has 1 saturated heterocycles. The van der Waals surface area contributed by atoms with Crippen LogP contribution in [0.25, 0.3) is 0 Å². The second kappa shape index (κ2) is 11.5. The number of hydrogen-bond acceptors (Lipinski definition) is 4. The Bertz CT molecular complexity index is 495. The summed E-state index contributed by atoms with van der Waals surface area (Å²) in [5.41, 5.74) is 0. The second-order valence-electron chi connectivity index (χ2n) is 7.02. The summed E-state index contributed by atoms with van der Waals surface area (Å²) in [5.74, 6) is -1.08. The summed E-state index contributed by atoms with van der Waals surface area (Å²) in [6, 6.07) is -1.19. The van der Waals surface area contributed by atoms with Crippen molar-refractivity contribution in [3.63, 3.8) is 0 Å². The van der Waals surface area contributed by atoms with Crippen LogP contribution in [0.5, 0.6) is 0 Å². The Morgan fingerprint density at radius 1 is 1.38 bits per heavy atom. The molecule has 0 spiro atoms. The van der Waals surface area contributed by atoms with Crippen molar-refractivity contribution in [2.75, 3.05) is 32.8 Å². The first-order chi connectivity index (χ1) is 12.3. The lowest BCUT2D eigenvalue weighted by Gasteiger charge is -2.33. The van der Waals surface area contributed by atoms with Crippen LogP contribution in [-0.2, 0) is 14.3 Å². The SMILES string of the molecule is C=CCOCC(NC(=O)CC1CCCN(C(=O)NCC(C)C)C1)C(=O)O. The molecule has 26 heavy (non-hydrogen) atoms. The van der Waals surface area contributed by atoms with E-state index in [1.54, 1.807) is 4.90 Å². The third-order valence-electron chi connectivity index (χ3n) is 4.10. The predicted molar refractivity (Wildman–Crippen MR) is 97.7 cm³/mol. The van der Waals surface area contributed by atoms with Gasteiger partial charge in [-0.1, -0.05) is 19.9 Å². The summed E-state index contributed by atoms with van der Waals surface area (Å²) < 4.78 is 5.12. The van der Waals surface area contributed by atoms with Crippen molar-refractivity contribution in [1.29, 1.82) is 0 Å². The van der Waals surface area contributed by atoms with E-state index in [0.29, 0.717) is 25.6 Å². The van der Waals surface area contributed by atoms with Crippen LogP contribution >= 0.6 is 0 Å². The molecule has 2 atom stereocenters. The standard InChI is InChI=1S/C18H31N3O5/c1-4-8-26-12-15(17(23)24)20-16(22)9-14-6-5-7-21(11-14)18(25)19-10-13(2)3/h4,13-15H,1,5-12H2,2-3H3,(H,19,25)(H,20,22)(H,23,24). The van der Waals surface area contributed by atoms with Crippen molar-refractivity contribution in [2.45, 2.75) is 39.2 Å². The molecular formula is C18H31N3O5. The minimum atomic E-state index is -1.14. The van der Waals surface area contributed by atoms with Gasteiger partial charge in [0.05, 0.1) is 13.2 Å². The van der Waals surface area contributed by atoms with E-state index in [4.69, 9.17) is 9.84 Å². The smallest absolute Gasteiger partial charge is 0.328 e. The monoisotopic (exact) mass is 369 g/mol. The molecule has 1 heterocycles. The van der Waals surface area contributed by atoms with E-state index in [1.807, 2.05) is 13.8 Å². The molecular weight excluding hydrogens is 338 g/mol. The molecule has 3 amide bonds. The number of nitrogens with one attached hydrogen (secondary N) is 2. The fraction of sp³-hybridized carbons (Fsp3) is 0.722. The Morgan fingerprint density at radius 3 is 2.73 bits per heavy atom. The average molecular weight is 369 g/mol. The van der Waals surface area contributed by atoms with Gasteiger partial charge in [-0.25, -0.2) is 9.59 Å². The lowest BCUT2D eigenvalue weighted by molar-refractivity contribution is -0.143. The Labute approximate surface area is 154 Å². The molecule has 1 rings (SSSR count). The molecule has 0 aliphatic carbocycles. The Balaban J connectivity index is 2.45. The van der Waals surface area contributed by atoms with Gasteiger partial charge in [-0.2, -0.15) is 0 Å². The highest BCUT2D eigenvalue weighted by atomic mass is 16.5. The summed E-state index contributed by atoms with van der Waals surface area (Å²) >= 11 is 0. The Hall–Kier alpha value is -2.09. The first-order valence-electron chi connectivity index (χ1n) is 9.07. The van der Waals surface area contributed by atoms with E-state index in [-0.39, 0.29) is 37.5 Å². The normalized spacial score (nSPS) is 18.3. The first-order valence-corrected chi connectivity index (χ1v) is 9.07. The highest BCUT2D eigenvalue weighted by Crippen LogP contribution is 2.19. The molecule has 0 aromatic rings. The van der Waals surface area contributed by atoms with E-state index in [9.17, 15) is 14.4 Å². The molecule has 8 heteroatoms. The minimum Gasteiger partial charge on any atom is -0.480 e. The van der Waals surface area contributed by atoms with Crippen molar-refractivity contribution in [1.82, 2.24) is 15.5 Å². The second-order valence-corrected chi connectivity index (χ2v) is 7.02. The molecule has 148 valence electrons. The Morgan fingerprint density at radius 2 is 2.12 bits per heavy atom. The van der Waals surface area contributed by atoms with Crippen LogP contribution in [0.15, 0.2) is 12.7 Å². The molecule has 1 aliphatic rings. The van der Waals surface area contributed by atoms with Gasteiger partial charge in [-0.05, 0) is 24.7 Å². The van der Waals surface area contributed by atoms with Crippen molar-refractivity contribution in [3.8, 4) is 0 Å². The van der Waals surface area contributed by atoms with Gasteiger partial charge in [-0.3, -0.25) is 4.79 Å². The number of rotatable bonds is 10. The number of nitrogens with zero attached hydrogens (tertiary/aromatic N) is 1. The summed E-state index contributed by atoms with van der Waals surface area (Å²) in [5, 5.41) is 14.5. The Kier molecular flexibility index (Phi) is 9.72. The molecule has 0 aromatic heterocycles. The maximum atomic E-state index is 12.2. The summed E-state index contributed by atoms with van der Waals surface area (Å²) in [7, 11) is 0. The van der Waals surface area contributed by atoms with E-state index < -0.39 is 12.0 Å². The quantitative estimate of drug-likeness (QED) is 0.396. The van der Waals surface area contributed by atoms with E-state index in [1.165, 1.54) is 6.08 Å². The zero-order chi connectivity index (χ0) is 19.5. The highest BCUT2D eigenvalue weighted by Gasteiger charge is 2.27. The number of piperidine rings is 1. The van der Waals surface area contributed by atoms with Gasteiger partial charge in [0.25, 0.3) is 0 Å². The van der Waals surface area contributed by atoms with Crippen molar-refractivity contribution in [2.24, 2.45) is 11.8 Å².